The summed E-state index contributed by atoms with van der Waals surface area (Å²) in [7, 11) is 0. The average molecular weight is 537 g/mol. The molecule has 1 unspecified atom stereocenters. The van der Waals surface area contributed by atoms with Crippen LogP contribution in [-0.2, 0) is 9.53 Å². The predicted octanol–water partition coefficient (Wildman–Crippen LogP) is 5.65. The van der Waals surface area contributed by atoms with Gasteiger partial charge in [-0.15, -0.1) is 0 Å². The van der Waals surface area contributed by atoms with Crippen molar-refractivity contribution in [3.63, 3.8) is 0 Å². The highest BCUT2D eigenvalue weighted by Crippen LogP contribution is 2.44. The number of nitrogens with one attached hydrogen (secondary N) is 2. The Labute approximate surface area is 211 Å². The normalized spacial score (nSPS) is 12.9. The number of hydrogen-bond donors (Lipinski definition) is 3. The molecule has 0 radical (unpaired) electrons. The van der Waals surface area contributed by atoms with Crippen LogP contribution in [-0.4, -0.2) is 36.2 Å². The zero-order valence-corrected chi connectivity index (χ0v) is 20.7. The number of alkyl carbamates (subject to hydrolysis) is 1. The lowest BCUT2D eigenvalue weighted by atomic mass is 9.98. The van der Waals surface area contributed by atoms with E-state index in [4.69, 9.17) is 9.84 Å². The number of benzene rings is 3. The van der Waals surface area contributed by atoms with Crippen molar-refractivity contribution in [1.82, 2.24) is 5.32 Å². The Morgan fingerprint density at radius 3 is 2.26 bits per heavy atom. The van der Waals surface area contributed by atoms with Crippen molar-refractivity contribution in [2.24, 2.45) is 5.92 Å². The summed E-state index contributed by atoms with van der Waals surface area (Å²) < 4.78 is 6.10. The summed E-state index contributed by atoms with van der Waals surface area (Å²) in [5.74, 6) is -1.78. The van der Waals surface area contributed by atoms with Gasteiger partial charge in [0.2, 0.25) is 5.91 Å². The maximum atomic E-state index is 12.5. The van der Waals surface area contributed by atoms with Gasteiger partial charge in [0.25, 0.3) is 0 Å². The number of ether oxygens (including phenoxy) is 1. The van der Waals surface area contributed by atoms with E-state index in [1.807, 2.05) is 24.3 Å². The van der Waals surface area contributed by atoms with E-state index in [1.165, 1.54) is 12.1 Å². The fraction of sp³-hybridized carbons (Fsp3) is 0.222. The molecule has 0 fully saturated rings. The molecule has 0 heterocycles. The van der Waals surface area contributed by atoms with E-state index in [2.05, 4.69) is 50.8 Å². The van der Waals surface area contributed by atoms with Gasteiger partial charge >= 0.3 is 12.1 Å². The van der Waals surface area contributed by atoms with Gasteiger partial charge in [-0.25, -0.2) is 9.59 Å². The second-order valence-electron chi connectivity index (χ2n) is 8.43. The number of aromatic carboxylic acids is 1. The van der Waals surface area contributed by atoms with E-state index < -0.39 is 18.0 Å². The summed E-state index contributed by atoms with van der Waals surface area (Å²) >= 11 is 3.31. The number of rotatable bonds is 8. The molecule has 0 spiro atoms. The molecule has 0 aromatic heterocycles. The van der Waals surface area contributed by atoms with E-state index in [0.29, 0.717) is 16.6 Å². The Bertz CT molecular complexity index is 1230. The van der Waals surface area contributed by atoms with Crippen molar-refractivity contribution in [1.29, 1.82) is 0 Å². The van der Waals surface area contributed by atoms with Crippen molar-refractivity contribution < 1.29 is 24.2 Å². The molecule has 0 saturated heterocycles. The summed E-state index contributed by atoms with van der Waals surface area (Å²) in [6.45, 7) is 2.23. The molecule has 3 N–H and O–H groups in total. The monoisotopic (exact) mass is 536 g/mol. The summed E-state index contributed by atoms with van der Waals surface area (Å²) in [5.41, 5.74) is 5.07. The van der Waals surface area contributed by atoms with Crippen LogP contribution in [0.3, 0.4) is 0 Å². The summed E-state index contributed by atoms with van der Waals surface area (Å²) in [6, 6.07) is 20.7. The first-order valence-electron chi connectivity index (χ1n) is 11.3. The summed E-state index contributed by atoms with van der Waals surface area (Å²) in [6.07, 6.45) is -0.136. The van der Waals surface area contributed by atoms with Crippen LogP contribution in [0.1, 0.15) is 40.7 Å². The topological polar surface area (TPSA) is 105 Å². The van der Waals surface area contributed by atoms with Crippen LogP contribution < -0.4 is 10.6 Å². The van der Waals surface area contributed by atoms with Gasteiger partial charge in [0, 0.05) is 22.9 Å². The van der Waals surface area contributed by atoms with E-state index in [-0.39, 0.29) is 30.5 Å². The zero-order valence-electron chi connectivity index (χ0n) is 19.1. The number of hydrogen-bond acceptors (Lipinski definition) is 4. The number of carboxylic acid groups (broad SMARTS) is 1. The SMILES string of the molecule is CC(CCNC(=O)OCC1c2ccccc2-c2ccccc21)C(=O)Nc1cc(C(=O)O)ccc1Br. The highest BCUT2D eigenvalue weighted by atomic mass is 79.9. The number of carbonyl (C=O) groups is 3. The average Bonchev–Trinajstić information content (AvgIpc) is 3.17. The number of carbonyl (C=O) groups excluding carboxylic acids is 2. The Kier molecular flexibility index (Phi) is 7.51. The van der Waals surface area contributed by atoms with Crippen molar-refractivity contribution >= 4 is 39.6 Å². The van der Waals surface area contributed by atoms with Crippen LogP contribution in [0.25, 0.3) is 11.1 Å². The molecule has 7 nitrogen and oxygen atoms in total. The smallest absolute Gasteiger partial charge is 0.407 e. The molecule has 1 aliphatic rings. The minimum atomic E-state index is -1.08. The molecular formula is C27H25BrN2O5. The van der Waals surface area contributed by atoms with E-state index >= 15 is 0 Å². The summed E-state index contributed by atoms with van der Waals surface area (Å²) in [4.78, 5) is 36.0. The predicted molar refractivity (Wildman–Crippen MR) is 137 cm³/mol. The fourth-order valence-corrected chi connectivity index (χ4v) is 4.53. The molecular weight excluding hydrogens is 512 g/mol. The Morgan fingerprint density at radius 1 is 1.00 bits per heavy atom. The molecule has 2 amide bonds. The van der Waals surface area contributed by atoms with Crippen molar-refractivity contribution in [3.8, 4) is 11.1 Å². The molecule has 1 aliphatic carbocycles. The maximum Gasteiger partial charge on any atom is 0.407 e. The second kappa shape index (κ2) is 10.7. The number of halogens is 1. The minimum Gasteiger partial charge on any atom is -0.478 e. The third-order valence-corrected chi connectivity index (χ3v) is 6.80. The highest BCUT2D eigenvalue weighted by molar-refractivity contribution is 9.10. The second-order valence-corrected chi connectivity index (χ2v) is 9.29. The van der Waals surface area contributed by atoms with Crippen LogP contribution in [0.4, 0.5) is 10.5 Å². The lowest BCUT2D eigenvalue weighted by molar-refractivity contribution is -0.119. The molecule has 0 aliphatic heterocycles. The van der Waals surface area contributed by atoms with Gasteiger partial charge in [-0.3, -0.25) is 4.79 Å². The molecule has 8 heteroatoms. The van der Waals surface area contributed by atoms with Crippen LogP contribution in [0.15, 0.2) is 71.2 Å². The van der Waals surface area contributed by atoms with Crippen LogP contribution in [0.5, 0.6) is 0 Å². The Hall–Kier alpha value is -3.65. The fourth-order valence-electron chi connectivity index (χ4n) is 4.18. The van der Waals surface area contributed by atoms with Crippen molar-refractivity contribution in [3.05, 3.63) is 87.9 Å². The van der Waals surface area contributed by atoms with Crippen molar-refractivity contribution in [2.45, 2.75) is 19.3 Å². The van der Waals surface area contributed by atoms with Gasteiger partial charge < -0.3 is 20.5 Å². The highest BCUT2D eigenvalue weighted by Gasteiger charge is 2.29. The minimum absolute atomic E-state index is 0.0159. The molecule has 1 atom stereocenters. The van der Waals surface area contributed by atoms with Gasteiger partial charge in [-0.2, -0.15) is 0 Å². The molecule has 0 saturated carbocycles. The number of fused-ring (bicyclic) bond motifs is 3. The quantitative estimate of drug-likeness (QED) is 0.345. The lowest BCUT2D eigenvalue weighted by Gasteiger charge is -2.16. The third-order valence-electron chi connectivity index (χ3n) is 6.11. The number of carboxylic acids is 1. The molecule has 4 rings (SSSR count). The molecule has 180 valence electrons. The zero-order chi connectivity index (χ0) is 24.9. The van der Waals surface area contributed by atoms with Gasteiger partial charge in [-0.05, 0) is 62.8 Å². The first-order chi connectivity index (χ1) is 16.8. The van der Waals surface area contributed by atoms with Gasteiger partial charge in [0.15, 0.2) is 0 Å². The van der Waals surface area contributed by atoms with E-state index in [1.54, 1.807) is 13.0 Å². The largest absolute Gasteiger partial charge is 0.478 e. The summed E-state index contributed by atoms with van der Waals surface area (Å²) in [5, 5.41) is 14.6. The third kappa shape index (κ3) is 5.54. The first-order valence-corrected chi connectivity index (χ1v) is 12.1. The first kappa shape index (κ1) is 24.5. The number of amides is 2. The van der Waals surface area contributed by atoms with Gasteiger partial charge in [-0.1, -0.05) is 55.5 Å². The molecule has 3 aromatic rings. The maximum absolute atomic E-state index is 12.5. The number of anilines is 1. The van der Waals surface area contributed by atoms with Crippen LogP contribution >= 0.6 is 15.9 Å². The molecule has 35 heavy (non-hydrogen) atoms. The standard InChI is InChI=1S/C27H25BrN2O5/c1-16(25(31)30-24-14-17(26(32)33)10-11-23(24)28)12-13-29-27(34)35-15-22-20-8-4-2-6-18(20)19-7-3-5-9-21(19)22/h2-11,14,16,22H,12-13,15H2,1H3,(H,29,34)(H,30,31)(H,32,33). The Morgan fingerprint density at radius 2 is 1.63 bits per heavy atom. The van der Waals surface area contributed by atoms with Crippen molar-refractivity contribution in [2.75, 3.05) is 18.5 Å². The van der Waals surface area contributed by atoms with Gasteiger partial charge in [0.1, 0.15) is 6.61 Å². The van der Waals surface area contributed by atoms with Crippen LogP contribution in [0.2, 0.25) is 0 Å². The Balaban J connectivity index is 1.26. The van der Waals surface area contributed by atoms with Gasteiger partial charge in [0.05, 0.1) is 11.3 Å². The molecule has 3 aromatic carbocycles. The lowest BCUT2D eigenvalue weighted by Crippen LogP contribution is -2.30. The van der Waals surface area contributed by atoms with Crippen LogP contribution in [0, 0.1) is 5.92 Å². The molecule has 0 bridgehead atoms. The van der Waals surface area contributed by atoms with E-state index in [0.717, 1.165) is 22.3 Å². The van der Waals surface area contributed by atoms with E-state index in [9.17, 15) is 14.4 Å².